The summed E-state index contributed by atoms with van der Waals surface area (Å²) in [6.45, 7) is 2.26. The van der Waals surface area contributed by atoms with Crippen LogP contribution in [0.15, 0.2) is 18.2 Å². The van der Waals surface area contributed by atoms with Crippen LogP contribution in [-0.4, -0.2) is 38.1 Å². The molecule has 0 bridgehead atoms. The Bertz CT molecular complexity index is 357. The zero-order valence-electron chi connectivity index (χ0n) is 11.1. The predicted octanol–water partition coefficient (Wildman–Crippen LogP) is 1.18. The monoisotopic (exact) mass is 255 g/mol. The highest BCUT2D eigenvalue weighted by molar-refractivity contribution is 5.41. The summed E-state index contributed by atoms with van der Waals surface area (Å²) in [5.74, 6) is 1.96. The summed E-state index contributed by atoms with van der Waals surface area (Å²) in [4.78, 5) is 0. The van der Waals surface area contributed by atoms with E-state index in [0.29, 0.717) is 30.3 Å². The van der Waals surface area contributed by atoms with Crippen LogP contribution in [0.4, 0.5) is 0 Å². The van der Waals surface area contributed by atoms with Gasteiger partial charge in [-0.3, -0.25) is 0 Å². The van der Waals surface area contributed by atoms with Gasteiger partial charge in [0.25, 0.3) is 0 Å². The van der Waals surface area contributed by atoms with Crippen molar-refractivity contribution < 1.29 is 19.3 Å². The van der Waals surface area contributed by atoms with Crippen LogP contribution < -0.4 is 19.9 Å². The quantitative estimate of drug-likeness (QED) is 0.765. The first-order chi connectivity index (χ1) is 8.50. The molecule has 0 aliphatic carbocycles. The fourth-order valence-electron chi connectivity index (χ4n) is 1.36. The average Bonchev–Trinajstić information content (AvgIpc) is 2.38. The highest BCUT2D eigenvalue weighted by Crippen LogP contribution is 2.27. The number of hydrogen-bond donors (Lipinski definition) is 2. The van der Waals surface area contributed by atoms with Crippen LogP contribution in [0.5, 0.6) is 17.2 Å². The van der Waals surface area contributed by atoms with Gasteiger partial charge >= 0.3 is 0 Å². The summed E-state index contributed by atoms with van der Waals surface area (Å²) in [6, 6.07) is 5.29. The van der Waals surface area contributed by atoms with Crippen molar-refractivity contribution in [3.8, 4) is 17.2 Å². The molecular weight excluding hydrogens is 234 g/mol. The maximum absolute atomic E-state index is 9.75. The van der Waals surface area contributed by atoms with Crippen molar-refractivity contribution in [2.75, 3.05) is 27.4 Å². The van der Waals surface area contributed by atoms with Crippen molar-refractivity contribution in [3.05, 3.63) is 18.2 Å². The van der Waals surface area contributed by atoms with E-state index in [1.54, 1.807) is 39.3 Å². The van der Waals surface area contributed by atoms with E-state index >= 15 is 0 Å². The molecule has 0 heterocycles. The van der Waals surface area contributed by atoms with Crippen molar-refractivity contribution in [1.29, 1.82) is 0 Å². The largest absolute Gasteiger partial charge is 0.496 e. The Kier molecular flexibility index (Phi) is 5.25. The van der Waals surface area contributed by atoms with E-state index in [2.05, 4.69) is 0 Å². The van der Waals surface area contributed by atoms with E-state index < -0.39 is 5.60 Å². The molecule has 0 radical (unpaired) electrons. The molecule has 102 valence electrons. The zero-order chi connectivity index (χ0) is 13.6. The first-order valence-corrected chi connectivity index (χ1v) is 5.79. The molecule has 0 amide bonds. The molecule has 0 aliphatic heterocycles. The van der Waals surface area contributed by atoms with E-state index in [1.165, 1.54) is 0 Å². The van der Waals surface area contributed by atoms with Crippen molar-refractivity contribution in [3.63, 3.8) is 0 Å². The summed E-state index contributed by atoms with van der Waals surface area (Å²) in [6.07, 6.45) is 0.461. The van der Waals surface area contributed by atoms with Gasteiger partial charge < -0.3 is 25.1 Å². The number of methoxy groups -OCH3 is 2. The van der Waals surface area contributed by atoms with Crippen molar-refractivity contribution in [2.45, 2.75) is 18.9 Å². The van der Waals surface area contributed by atoms with Crippen molar-refractivity contribution in [2.24, 2.45) is 5.73 Å². The molecule has 1 rings (SSSR count). The van der Waals surface area contributed by atoms with E-state index in [9.17, 15) is 5.11 Å². The maximum atomic E-state index is 9.75. The Morgan fingerprint density at radius 3 is 2.06 bits per heavy atom. The first kappa shape index (κ1) is 14.6. The lowest BCUT2D eigenvalue weighted by molar-refractivity contribution is 0.0453. The second-order valence-electron chi connectivity index (χ2n) is 4.35. The standard InChI is InChI=1S/C13H21NO4/c1-13(15,9-14)4-5-18-12-7-10(16-2)6-11(8-12)17-3/h6-8,15H,4-5,9,14H2,1-3H3. The Labute approximate surface area is 107 Å². The fourth-order valence-corrected chi connectivity index (χ4v) is 1.36. The van der Waals surface area contributed by atoms with Gasteiger partial charge in [0.15, 0.2) is 0 Å². The number of nitrogens with two attached hydrogens (primary N) is 1. The Balaban J connectivity index is 2.61. The summed E-state index contributed by atoms with van der Waals surface area (Å²) in [5, 5.41) is 9.75. The molecule has 5 heteroatoms. The van der Waals surface area contributed by atoms with Gasteiger partial charge in [0.2, 0.25) is 0 Å². The van der Waals surface area contributed by atoms with E-state index in [0.717, 1.165) is 0 Å². The minimum Gasteiger partial charge on any atom is -0.496 e. The van der Waals surface area contributed by atoms with Crippen LogP contribution in [0.3, 0.4) is 0 Å². The smallest absolute Gasteiger partial charge is 0.126 e. The van der Waals surface area contributed by atoms with Crippen LogP contribution in [0.2, 0.25) is 0 Å². The normalized spacial score (nSPS) is 13.8. The van der Waals surface area contributed by atoms with Gasteiger partial charge in [0.05, 0.1) is 26.4 Å². The van der Waals surface area contributed by atoms with Crippen molar-refractivity contribution >= 4 is 0 Å². The minimum atomic E-state index is -0.900. The van der Waals surface area contributed by atoms with Crippen LogP contribution in [0.1, 0.15) is 13.3 Å². The summed E-state index contributed by atoms with van der Waals surface area (Å²) < 4.78 is 15.8. The highest BCUT2D eigenvalue weighted by atomic mass is 16.5. The topological polar surface area (TPSA) is 73.9 Å². The molecule has 1 unspecified atom stereocenters. The third-order valence-corrected chi connectivity index (χ3v) is 2.67. The van der Waals surface area contributed by atoms with Gasteiger partial charge in [0, 0.05) is 31.2 Å². The van der Waals surface area contributed by atoms with Crippen LogP contribution >= 0.6 is 0 Å². The average molecular weight is 255 g/mol. The molecule has 0 saturated heterocycles. The number of hydrogen-bond acceptors (Lipinski definition) is 5. The van der Waals surface area contributed by atoms with E-state index in [1.807, 2.05) is 0 Å². The van der Waals surface area contributed by atoms with Gasteiger partial charge in [-0.05, 0) is 6.92 Å². The minimum absolute atomic E-state index is 0.206. The number of ether oxygens (including phenoxy) is 3. The molecule has 0 aliphatic rings. The molecule has 0 aromatic heterocycles. The van der Waals surface area contributed by atoms with E-state index in [-0.39, 0.29) is 6.54 Å². The molecule has 1 aromatic carbocycles. The predicted molar refractivity (Wildman–Crippen MR) is 69.3 cm³/mol. The lowest BCUT2D eigenvalue weighted by Crippen LogP contribution is -2.35. The third kappa shape index (κ3) is 4.43. The third-order valence-electron chi connectivity index (χ3n) is 2.67. The van der Waals surface area contributed by atoms with Crippen LogP contribution in [0.25, 0.3) is 0 Å². The van der Waals surface area contributed by atoms with Crippen LogP contribution in [-0.2, 0) is 0 Å². The summed E-state index contributed by atoms with van der Waals surface area (Å²) >= 11 is 0. The van der Waals surface area contributed by atoms with Gasteiger partial charge in [-0.2, -0.15) is 0 Å². The molecule has 5 nitrogen and oxygen atoms in total. The molecule has 0 fully saturated rings. The Hall–Kier alpha value is -1.46. The molecule has 0 spiro atoms. The molecule has 18 heavy (non-hydrogen) atoms. The molecule has 1 aromatic rings. The molecule has 3 N–H and O–H groups in total. The SMILES string of the molecule is COc1cc(OC)cc(OCCC(C)(O)CN)c1. The summed E-state index contributed by atoms with van der Waals surface area (Å²) in [7, 11) is 3.16. The van der Waals surface area contributed by atoms with Gasteiger partial charge in [-0.15, -0.1) is 0 Å². The zero-order valence-corrected chi connectivity index (χ0v) is 11.1. The second-order valence-corrected chi connectivity index (χ2v) is 4.35. The molecule has 0 saturated carbocycles. The lowest BCUT2D eigenvalue weighted by atomic mass is 10.0. The Morgan fingerprint density at radius 1 is 1.11 bits per heavy atom. The second kappa shape index (κ2) is 6.47. The van der Waals surface area contributed by atoms with Crippen molar-refractivity contribution in [1.82, 2.24) is 0 Å². The number of benzene rings is 1. The van der Waals surface area contributed by atoms with Crippen LogP contribution in [0, 0.1) is 0 Å². The first-order valence-electron chi connectivity index (χ1n) is 5.79. The Morgan fingerprint density at radius 2 is 1.61 bits per heavy atom. The van der Waals surface area contributed by atoms with Gasteiger partial charge in [0.1, 0.15) is 17.2 Å². The summed E-state index contributed by atoms with van der Waals surface area (Å²) in [5.41, 5.74) is 4.53. The molecular formula is C13H21NO4. The number of rotatable bonds is 7. The van der Waals surface area contributed by atoms with E-state index in [4.69, 9.17) is 19.9 Å². The molecule has 1 atom stereocenters. The van der Waals surface area contributed by atoms with Gasteiger partial charge in [-0.25, -0.2) is 0 Å². The highest BCUT2D eigenvalue weighted by Gasteiger charge is 2.17. The maximum Gasteiger partial charge on any atom is 0.126 e. The lowest BCUT2D eigenvalue weighted by Gasteiger charge is -2.21. The number of aliphatic hydroxyl groups is 1. The van der Waals surface area contributed by atoms with Gasteiger partial charge in [-0.1, -0.05) is 0 Å². The fraction of sp³-hybridized carbons (Fsp3) is 0.538.